The monoisotopic (exact) mass is 361 g/mol. The summed E-state index contributed by atoms with van der Waals surface area (Å²) < 4.78 is 0. The molecule has 5 heteroatoms. The van der Waals surface area contributed by atoms with E-state index in [4.69, 9.17) is 18.0 Å². The molecular weight excluding hydrogens is 330 g/mol. The van der Waals surface area contributed by atoms with Crippen LogP contribution in [-0.2, 0) is 4.79 Å². The Kier molecular flexibility index (Phi) is 7.24. The number of hydrogen-bond acceptors (Lipinski definition) is 4. The van der Waals surface area contributed by atoms with Gasteiger partial charge in [0.15, 0.2) is 0 Å². The lowest BCUT2D eigenvalue weighted by Gasteiger charge is -2.28. The second kappa shape index (κ2) is 9.18. The summed E-state index contributed by atoms with van der Waals surface area (Å²) in [5.74, 6) is 0.989. The number of rotatable bonds is 7. The summed E-state index contributed by atoms with van der Waals surface area (Å²) in [6.45, 7) is 6.44. The largest absolute Gasteiger partial charge is 0.397 e. The topological polar surface area (TPSA) is 67.1 Å². The molecule has 138 valence electrons. The van der Waals surface area contributed by atoms with Crippen molar-refractivity contribution in [3.8, 4) is 0 Å². The molecule has 0 saturated heterocycles. The molecule has 0 aromatic carbocycles. The number of nitrogens with one attached hydrogen (secondary N) is 2. The number of hydrogen-bond donors (Lipinski definition) is 3. The molecule has 2 rings (SSSR count). The molecule has 0 radical (unpaired) electrons. The first-order valence-corrected chi connectivity index (χ1v) is 9.87. The molecule has 2 aliphatic rings. The van der Waals surface area contributed by atoms with Gasteiger partial charge in [0.05, 0.1) is 16.4 Å². The fourth-order valence-corrected chi connectivity index (χ4v) is 3.81. The Morgan fingerprint density at radius 2 is 2.12 bits per heavy atom. The number of unbranched alkanes of at least 4 members (excludes halogenated alkanes) is 1. The fraction of sp³-hybridized carbons (Fsp3) is 0.600. The highest BCUT2D eigenvalue weighted by Gasteiger charge is 2.31. The smallest absolute Gasteiger partial charge is 0.132 e. The average molecular weight is 362 g/mol. The molecule has 0 saturated carbocycles. The molecule has 0 aromatic rings. The number of nitrogens with two attached hydrogens (primary N) is 1. The third kappa shape index (κ3) is 5.18. The molecule has 0 aromatic heterocycles. The highest BCUT2D eigenvalue weighted by molar-refractivity contribution is 7.80. The fourth-order valence-electron chi connectivity index (χ4n) is 3.50. The van der Waals surface area contributed by atoms with Gasteiger partial charge in [0.25, 0.3) is 0 Å². The summed E-state index contributed by atoms with van der Waals surface area (Å²) in [5, 5.41) is 6.84. The van der Waals surface area contributed by atoms with Gasteiger partial charge in [-0.3, -0.25) is 4.79 Å². The Hall–Kier alpha value is -1.62. The molecule has 25 heavy (non-hydrogen) atoms. The van der Waals surface area contributed by atoms with E-state index in [1.165, 1.54) is 0 Å². The van der Waals surface area contributed by atoms with Gasteiger partial charge < -0.3 is 16.4 Å². The van der Waals surface area contributed by atoms with Crippen LogP contribution in [0.1, 0.15) is 65.7 Å². The van der Waals surface area contributed by atoms with Gasteiger partial charge in [0.1, 0.15) is 5.78 Å². The molecule has 2 aliphatic heterocycles. The van der Waals surface area contributed by atoms with Crippen LogP contribution >= 0.6 is 12.2 Å². The summed E-state index contributed by atoms with van der Waals surface area (Å²) in [4.78, 5) is 12.9. The van der Waals surface area contributed by atoms with E-state index >= 15 is 0 Å². The second-order valence-corrected chi connectivity index (χ2v) is 7.56. The summed E-state index contributed by atoms with van der Waals surface area (Å²) in [7, 11) is 0. The quantitative estimate of drug-likeness (QED) is 0.597. The normalized spacial score (nSPS) is 25.0. The van der Waals surface area contributed by atoms with Crippen molar-refractivity contribution in [2.45, 2.75) is 65.7 Å². The first-order valence-electron chi connectivity index (χ1n) is 9.46. The Morgan fingerprint density at radius 3 is 2.80 bits per heavy atom. The van der Waals surface area contributed by atoms with Crippen LogP contribution in [0.3, 0.4) is 0 Å². The molecular formula is C20H31N3OS. The van der Waals surface area contributed by atoms with Gasteiger partial charge in [-0.1, -0.05) is 45.5 Å². The van der Waals surface area contributed by atoms with E-state index in [1.807, 2.05) is 6.08 Å². The number of ketones is 1. The number of carbonyl (C=O) groups excluding carboxylic acids is 1. The van der Waals surface area contributed by atoms with E-state index < -0.39 is 0 Å². The minimum Gasteiger partial charge on any atom is -0.397 e. The lowest BCUT2D eigenvalue weighted by atomic mass is 9.83. The maximum atomic E-state index is 12.1. The number of Topliss-reactive ketones (excluding diaryl/α,β-unsaturated/α-hetero) is 1. The Balaban J connectivity index is 2.14. The predicted octanol–water partition coefficient (Wildman–Crippen LogP) is 4.05. The maximum absolute atomic E-state index is 12.1. The third-order valence-electron chi connectivity index (χ3n) is 5.05. The van der Waals surface area contributed by atoms with Gasteiger partial charge in [-0.25, -0.2) is 0 Å². The van der Waals surface area contributed by atoms with Gasteiger partial charge in [0.2, 0.25) is 0 Å². The van der Waals surface area contributed by atoms with Crippen molar-refractivity contribution in [1.29, 1.82) is 0 Å². The zero-order valence-electron chi connectivity index (χ0n) is 15.7. The Morgan fingerprint density at radius 1 is 1.36 bits per heavy atom. The van der Waals surface area contributed by atoms with Crippen molar-refractivity contribution in [2.75, 3.05) is 0 Å². The highest BCUT2D eigenvalue weighted by atomic mass is 32.1. The summed E-state index contributed by atoms with van der Waals surface area (Å²) in [6.07, 6.45) is 10.1. The predicted molar refractivity (Wildman–Crippen MR) is 108 cm³/mol. The molecule has 0 spiro atoms. The van der Waals surface area contributed by atoms with Gasteiger partial charge in [-0.2, -0.15) is 0 Å². The first-order chi connectivity index (χ1) is 12.0. The standard InChI is InChI=1S/C20H31N3OS/c1-4-6-8-16(24)10-9-14-11-18(25)23-20-17(21)12-15(7-5-2)22-19(20)13(14)3/h7,12-14,22H,4-6,8-11,21H2,1-3H3,(H,23,25). The van der Waals surface area contributed by atoms with Crippen LogP contribution in [0, 0.1) is 11.8 Å². The molecule has 2 unspecified atom stereocenters. The molecule has 2 atom stereocenters. The van der Waals surface area contributed by atoms with Gasteiger partial charge >= 0.3 is 0 Å². The van der Waals surface area contributed by atoms with E-state index in [0.717, 1.165) is 59.9 Å². The molecule has 0 bridgehead atoms. The van der Waals surface area contributed by atoms with Crippen molar-refractivity contribution < 1.29 is 4.79 Å². The molecule has 0 amide bonds. The number of allylic oxidation sites excluding steroid dienone is 3. The van der Waals surface area contributed by atoms with Crippen LogP contribution in [0.4, 0.5) is 0 Å². The van der Waals surface area contributed by atoms with Crippen LogP contribution in [0.25, 0.3) is 0 Å². The van der Waals surface area contributed by atoms with E-state index in [-0.39, 0.29) is 5.92 Å². The Labute approximate surface area is 157 Å². The van der Waals surface area contributed by atoms with Crippen LogP contribution in [0.15, 0.2) is 34.9 Å². The number of carbonyl (C=O) groups is 1. The Bertz CT molecular complexity index is 618. The van der Waals surface area contributed by atoms with Crippen LogP contribution in [-0.4, -0.2) is 10.8 Å². The zero-order chi connectivity index (χ0) is 18.4. The van der Waals surface area contributed by atoms with Crippen molar-refractivity contribution >= 4 is 23.0 Å². The maximum Gasteiger partial charge on any atom is 0.132 e. The van der Waals surface area contributed by atoms with Crippen molar-refractivity contribution in [2.24, 2.45) is 17.6 Å². The van der Waals surface area contributed by atoms with E-state index in [0.29, 0.717) is 24.5 Å². The number of dihydropyridines is 1. The minimum absolute atomic E-state index is 0.273. The van der Waals surface area contributed by atoms with Crippen molar-refractivity contribution in [1.82, 2.24) is 10.6 Å². The molecule has 4 nitrogen and oxygen atoms in total. The average Bonchev–Trinajstić information content (AvgIpc) is 2.69. The van der Waals surface area contributed by atoms with Crippen LogP contribution < -0.4 is 16.4 Å². The number of thiocarbonyl (C=S) groups is 1. The molecule has 0 fully saturated rings. The summed E-state index contributed by atoms with van der Waals surface area (Å²) in [5.41, 5.74) is 10.0. The molecule has 2 heterocycles. The minimum atomic E-state index is 0.273. The van der Waals surface area contributed by atoms with Gasteiger partial charge in [0, 0.05) is 36.6 Å². The van der Waals surface area contributed by atoms with Gasteiger partial charge in [-0.05, 0) is 31.3 Å². The van der Waals surface area contributed by atoms with Gasteiger partial charge in [-0.15, -0.1) is 0 Å². The molecule has 0 aliphatic carbocycles. The zero-order valence-corrected chi connectivity index (χ0v) is 16.5. The van der Waals surface area contributed by atoms with Crippen LogP contribution in [0.2, 0.25) is 0 Å². The third-order valence-corrected chi connectivity index (χ3v) is 5.32. The van der Waals surface area contributed by atoms with Crippen molar-refractivity contribution in [3.63, 3.8) is 0 Å². The molecule has 4 N–H and O–H groups in total. The first kappa shape index (κ1) is 19.7. The lowest BCUT2D eigenvalue weighted by molar-refractivity contribution is -0.119. The highest BCUT2D eigenvalue weighted by Crippen LogP contribution is 2.34. The second-order valence-electron chi connectivity index (χ2n) is 7.06. The van der Waals surface area contributed by atoms with E-state index in [1.54, 1.807) is 0 Å². The summed E-state index contributed by atoms with van der Waals surface area (Å²) in [6, 6.07) is 0. The SMILES string of the molecule is CCC=C1C=C(N)C2=C(N1)C(C)C(CCC(=O)CCCC)CC(=S)N2. The summed E-state index contributed by atoms with van der Waals surface area (Å²) >= 11 is 5.52. The van der Waals surface area contributed by atoms with Crippen molar-refractivity contribution in [3.05, 3.63) is 34.9 Å². The van der Waals surface area contributed by atoms with E-state index in [2.05, 4.69) is 37.5 Å². The lowest BCUT2D eigenvalue weighted by Crippen LogP contribution is -2.32. The van der Waals surface area contributed by atoms with Crippen LogP contribution in [0.5, 0.6) is 0 Å². The van der Waals surface area contributed by atoms with E-state index in [9.17, 15) is 4.79 Å².